The van der Waals surface area contributed by atoms with Gasteiger partial charge >= 0.3 is 26.1 Å². The number of carbonyl (C=O) groups is 2. The number of sulfone groups is 2. The summed E-state index contributed by atoms with van der Waals surface area (Å²) >= 11 is 15.2. The largest absolute Gasteiger partial charge is 0.501 e. The summed E-state index contributed by atoms with van der Waals surface area (Å²) in [6, 6.07) is 68.9. The van der Waals surface area contributed by atoms with Gasteiger partial charge in [0.05, 0.1) is 41.8 Å². The highest BCUT2D eigenvalue weighted by atomic mass is 35.5. The molecular weight excluding hydrogens is 1770 g/mol. The molecule has 0 aromatic heterocycles. The average Bonchev–Trinajstić information content (AvgIpc) is 0.763. The molecule has 0 spiro atoms. The van der Waals surface area contributed by atoms with E-state index >= 15 is 0 Å². The van der Waals surface area contributed by atoms with E-state index in [4.69, 9.17) is 32.5 Å². The summed E-state index contributed by atoms with van der Waals surface area (Å²) < 4.78 is 177. The van der Waals surface area contributed by atoms with Gasteiger partial charge in [0.25, 0.3) is 31.5 Å². The second-order valence-corrected chi connectivity index (χ2v) is 41.3. The maximum Gasteiger partial charge on any atom is 0.501 e. The molecule has 125 heavy (non-hydrogen) atoms. The van der Waals surface area contributed by atoms with E-state index in [2.05, 4.69) is 64.5 Å². The van der Waals surface area contributed by atoms with Gasteiger partial charge in [-0.2, -0.15) is 26.3 Å². The van der Waals surface area contributed by atoms with Crippen molar-refractivity contribution in [3.63, 3.8) is 0 Å². The van der Waals surface area contributed by atoms with Crippen molar-refractivity contribution in [3.05, 3.63) is 275 Å². The van der Waals surface area contributed by atoms with Gasteiger partial charge in [-0.3, -0.25) is 43.6 Å². The summed E-state index contributed by atoms with van der Waals surface area (Å²) in [6.45, 7) is 12.6. The lowest BCUT2D eigenvalue weighted by Crippen LogP contribution is -2.46. The number of morpholine rings is 1. The van der Waals surface area contributed by atoms with Gasteiger partial charge in [-0.05, 0) is 207 Å². The number of amides is 2. The summed E-state index contributed by atoms with van der Waals surface area (Å²) in [5.41, 5.74) is -3.27. The van der Waals surface area contributed by atoms with Crippen LogP contribution in [0.15, 0.2) is 262 Å². The molecule has 3 aliphatic heterocycles. The molecule has 10 aromatic carbocycles. The monoisotopic (exact) mass is 1870 g/mol. The van der Waals surface area contributed by atoms with Crippen LogP contribution >= 0.6 is 61.8 Å². The first kappa shape index (κ1) is 95.4. The smallest absolute Gasteiger partial charge is 0.380 e. The van der Waals surface area contributed by atoms with Gasteiger partial charge < -0.3 is 39.5 Å². The van der Waals surface area contributed by atoms with Crippen molar-refractivity contribution in [3.8, 4) is 22.3 Å². The third kappa shape index (κ3) is 25.8. The molecule has 3 fully saturated rings. The van der Waals surface area contributed by atoms with E-state index in [0.29, 0.717) is 85.9 Å². The topological polar surface area (TPSA) is 243 Å². The van der Waals surface area contributed by atoms with Gasteiger partial charge in [-0.1, -0.05) is 132 Å². The number of anilines is 4. The quantitative estimate of drug-likeness (QED) is 0.0143. The van der Waals surface area contributed by atoms with Crippen molar-refractivity contribution in [2.45, 2.75) is 75.5 Å². The van der Waals surface area contributed by atoms with Crippen LogP contribution < -0.4 is 41.2 Å². The number of hydrogen-bond donors (Lipinski definition) is 5. The Bertz CT molecular complexity index is 5620. The minimum absolute atomic E-state index is 0.0333. The van der Waals surface area contributed by atoms with Crippen molar-refractivity contribution in [2.24, 2.45) is 0 Å². The van der Waals surface area contributed by atoms with E-state index < -0.39 is 90.0 Å². The standard InChI is InChI=1S/C45H48ClF3N5O6PS2.C45H50ClF3N5O5PS2/c46-36-14-10-33(11-15-36)41-9-5-4-6-35(41)31-53-22-24-54(25-23-53)38-16-12-34(13-17-38)44(55)51-61(56,57)39-18-19-42(43(30-39)63(58,59)45(47,48)49)50-37(20-21-52-26-28-60-29-27-52)32-62-40-7-2-1-3-8-40;1-4-59-60(56,39-22-23-42(43(30-39)62(57,58)45(47,48)49)50-37(24-25-52(2)3)32-61-40-11-6-5-7-12-40)51-44(55)34-16-20-38(21-17-34)54-28-26-53(27-29-54)31-35-10-8-9-13-41(35)33-14-18-36(46)19-15-33/h1-19,30,37,50H,20-29,31-32H2,(H2,51,55,56,57);5-23,30,37,50H,4,24-29,31-32H2,1-3H3,(H,51,55,56)/t37-;37-,60-/m11/s1. The third-order valence-electron chi connectivity index (χ3n) is 21.4. The van der Waals surface area contributed by atoms with Crippen LogP contribution in [0.1, 0.15) is 51.6 Å². The van der Waals surface area contributed by atoms with E-state index in [-0.39, 0.29) is 29.1 Å². The zero-order valence-electron chi connectivity index (χ0n) is 68.9. The number of thioether (sulfide) groups is 2. The fourth-order valence-corrected chi connectivity index (χ4v) is 21.7. The van der Waals surface area contributed by atoms with Crippen molar-refractivity contribution in [1.29, 1.82) is 0 Å². The number of nitrogens with one attached hydrogen (secondary N) is 4. The summed E-state index contributed by atoms with van der Waals surface area (Å²) in [4.78, 5) is 50.8. The zero-order chi connectivity index (χ0) is 89.1. The molecule has 3 heterocycles. The Hall–Kier alpha value is -8.72. The van der Waals surface area contributed by atoms with Crippen LogP contribution in [0.25, 0.3) is 22.3 Å². The highest BCUT2D eigenvalue weighted by Gasteiger charge is 2.50. The lowest BCUT2D eigenvalue weighted by molar-refractivity contribution is -0.0441. The lowest BCUT2D eigenvalue weighted by Gasteiger charge is -2.36. The lowest BCUT2D eigenvalue weighted by atomic mass is 9.99. The average molecular weight is 1870 g/mol. The van der Waals surface area contributed by atoms with Gasteiger partial charge in [-0.25, -0.2) is 16.8 Å². The SMILES string of the molecule is CCO[P@@](=O)(NC(=O)c1ccc(N2CCN(Cc3ccccc3-c3ccc(Cl)cc3)CC2)cc1)c1ccc(N[C@H](CCN(C)C)CSc2ccccc2)c(S(=O)(=O)C(F)(F)F)c1.O=C(NP(=O)(O)c1ccc(N[C@H](CCN2CCOCC2)CSc2ccccc2)c(S(=O)(=O)C(F)(F)F)c1)c1ccc(N2CCN(Cc3ccccc3-c3ccc(Cl)cc3)CC2)cc1. The Morgan fingerprint density at radius 2 is 0.904 bits per heavy atom. The number of hydrogen-bond acceptors (Lipinski definition) is 20. The number of rotatable bonds is 34. The molecule has 664 valence electrons. The Kier molecular flexibility index (Phi) is 33.1. The summed E-state index contributed by atoms with van der Waals surface area (Å²) in [6.07, 6.45) is 0.931. The fourth-order valence-electron chi connectivity index (χ4n) is 14.6. The maximum absolute atomic E-state index is 14.4. The molecule has 0 saturated carbocycles. The van der Waals surface area contributed by atoms with Crippen LogP contribution in [0, 0.1) is 0 Å². The first-order valence-corrected chi connectivity index (χ1v) is 49.5. The van der Waals surface area contributed by atoms with Crippen LogP contribution in [0.3, 0.4) is 0 Å². The van der Waals surface area contributed by atoms with Gasteiger partial charge in [-0.15, -0.1) is 23.5 Å². The molecule has 3 saturated heterocycles. The molecule has 0 radical (unpaired) electrons. The van der Waals surface area contributed by atoms with Crippen LogP contribution in [0.4, 0.5) is 49.1 Å². The molecule has 5 N–H and O–H groups in total. The molecule has 0 aliphatic carbocycles. The summed E-state index contributed by atoms with van der Waals surface area (Å²) in [7, 11) is -17.7. The van der Waals surface area contributed by atoms with E-state index in [0.717, 1.165) is 127 Å². The predicted molar refractivity (Wildman–Crippen MR) is 488 cm³/mol. The van der Waals surface area contributed by atoms with Crippen molar-refractivity contribution in [2.75, 3.05) is 144 Å². The number of alkyl halides is 6. The van der Waals surface area contributed by atoms with Crippen LogP contribution in [-0.4, -0.2) is 200 Å². The van der Waals surface area contributed by atoms with Crippen molar-refractivity contribution in [1.82, 2.24) is 29.8 Å². The third-order valence-corrected chi connectivity index (χ3v) is 30.9. The maximum atomic E-state index is 14.4. The summed E-state index contributed by atoms with van der Waals surface area (Å²) in [5, 5.41) is 10.7. The minimum atomic E-state index is -6.02. The zero-order valence-corrected chi connectivity index (χ0v) is 75.4. The molecular formula is C90H98Cl2F6N10O11P2S4. The van der Waals surface area contributed by atoms with E-state index in [1.54, 1.807) is 36.4 Å². The summed E-state index contributed by atoms with van der Waals surface area (Å²) in [5.74, 6) is -0.970. The Labute approximate surface area is 744 Å². The number of ether oxygens (including phenoxy) is 1. The number of piperazine rings is 2. The fraction of sp³-hybridized carbons (Fsp3) is 0.311. The van der Waals surface area contributed by atoms with Crippen LogP contribution in [-0.2, 0) is 51.2 Å². The number of halogens is 8. The van der Waals surface area contributed by atoms with Crippen molar-refractivity contribution < 1.29 is 76.1 Å². The van der Waals surface area contributed by atoms with E-state index in [1.165, 1.54) is 59.8 Å². The highest BCUT2D eigenvalue weighted by Crippen LogP contribution is 2.46. The van der Waals surface area contributed by atoms with E-state index in [1.807, 2.05) is 158 Å². The number of carbonyl (C=O) groups excluding carboxylic acids is 2. The van der Waals surface area contributed by atoms with Gasteiger partial charge in [0.15, 0.2) is 0 Å². The Morgan fingerprint density at radius 3 is 1.33 bits per heavy atom. The second kappa shape index (κ2) is 43.4. The molecule has 3 aliphatic rings. The first-order valence-electron chi connectivity index (χ1n) is 40.5. The van der Waals surface area contributed by atoms with Crippen LogP contribution in [0.2, 0.25) is 10.0 Å². The van der Waals surface area contributed by atoms with Gasteiger partial charge in [0, 0.05) is 151 Å². The first-order chi connectivity index (χ1) is 59.7. The van der Waals surface area contributed by atoms with E-state index in [9.17, 15) is 66.8 Å². The molecule has 1 unspecified atom stereocenters. The Morgan fingerprint density at radius 1 is 0.504 bits per heavy atom. The predicted octanol–water partition coefficient (Wildman–Crippen LogP) is 17.6. The molecule has 35 heteroatoms. The molecule has 21 nitrogen and oxygen atoms in total. The molecule has 4 atom stereocenters. The molecule has 13 rings (SSSR count). The highest BCUT2D eigenvalue weighted by molar-refractivity contribution is 7.99. The molecule has 2 amide bonds. The molecule has 10 aromatic rings. The van der Waals surface area contributed by atoms with Gasteiger partial charge in [0.2, 0.25) is 0 Å². The number of benzene rings is 10. The van der Waals surface area contributed by atoms with Gasteiger partial charge in [0.1, 0.15) is 9.79 Å². The van der Waals surface area contributed by atoms with Crippen molar-refractivity contribution >= 4 is 127 Å². The van der Waals surface area contributed by atoms with Crippen LogP contribution in [0.5, 0.6) is 0 Å². The number of nitrogens with zero attached hydrogens (tertiary/aromatic N) is 6. The minimum Gasteiger partial charge on any atom is -0.380 e. The second-order valence-electron chi connectivity index (χ2n) is 30.4. The normalized spacial score (nSPS) is 16.1. The Balaban J connectivity index is 0.000000228. The molecule has 0 bridgehead atoms.